The quantitative estimate of drug-likeness (QED) is 0.617. The molecule has 0 spiro atoms. The first kappa shape index (κ1) is 17.2. The van der Waals surface area contributed by atoms with Gasteiger partial charge in [0.1, 0.15) is 0 Å². The van der Waals surface area contributed by atoms with Crippen molar-refractivity contribution >= 4 is 61.6 Å². The number of nitrogens with one attached hydrogen (secondary N) is 1. The molecule has 2 aromatic carbocycles. The van der Waals surface area contributed by atoms with Crippen LogP contribution in [0.4, 0.5) is 5.69 Å². The number of aromatic nitrogens is 1. The molecule has 0 aliphatic heterocycles. The fraction of sp³-hybridized carbons (Fsp3) is 0.0588. The van der Waals surface area contributed by atoms with Crippen molar-refractivity contribution in [2.45, 2.75) is 6.61 Å². The second kappa shape index (κ2) is 7.07. The molecule has 0 radical (unpaired) electrons. The van der Waals surface area contributed by atoms with Crippen molar-refractivity contribution in [2.75, 3.05) is 5.32 Å². The Morgan fingerprint density at radius 3 is 2.50 bits per heavy atom. The first-order valence-corrected chi connectivity index (χ1v) is 8.50. The van der Waals surface area contributed by atoms with Gasteiger partial charge in [0.2, 0.25) is 0 Å². The summed E-state index contributed by atoms with van der Waals surface area (Å²) in [6, 6.07) is 10.2. The molecule has 7 heteroatoms. The van der Waals surface area contributed by atoms with Gasteiger partial charge in [-0.15, -0.1) is 0 Å². The number of para-hydroxylation sites is 1. The predicted octanol–water partition coefficient (Wildman–Crippen LogP) is 5.05. The van der Waals surface area contributed by atoms with Crippen LogP contribution < -0.4 is 5.32 Å². The summed E-state index contributed by atoms with van der Waals surface area (Å²) in [6.07, 6.45) is 1.59. The monoisotopic (exact) mass is 424 g/mol. The first-order valence-electron chi connectivity index (χ1n) is 6.95. The van der Waals surface area contributed by atoms with E-state index in [1.54, 1.807) is 36.5 Å². The molecule has 0 aliphatic rings. The van der Waals surface area contributed by atoms with Gasteiger partial charge in [0, 0.05) is 21.6 Å². The minimum atomic E-state index is -0.423. The molecule has 0 atom stereocenters. The van der Waals surface area contributed by atoms with Crippen molar-refractivity contribution < 1.29 is 9.90 Å². The summed E-state index contributed by atoms with van der Waals surface area (Å²) >= 11 is 15.5. The van der Waals surface area contributed by atoms with Crippen LogP contribution in [-0.4, -0.2) is 16.0 Å². The maximum absolute atomic E-state index is 12.6. The van der Waals surface area contributed by atoms with E-state index in [4.69, 9.17) is 23.2 Å². The smallest absolute Gasteiger partial charge is 0.258 e. The molecule has 3 aromatic rings. The lowest BCUT2D eigenvalue weighted by Crippen LogP contribution is -2.13. The van der Waals surface area contributed by atoms with Crippen LogP contribution in [0.1, 0.15) is 15.9 Å². The van der Waals surface area contributed by atoms with E-state index >= 15 is 0 Å². The van der Waals surface area contributed by atoms with E-state index in [0.29, 0.717) is 21.2 Å². The number of amides is 1. The van der Waals surface area contributed by atoms with Crippen LogP contribution in [0.15, 0.2) is 47.1 Å². The van der Waals surface area contributed by atoms with Crippen LogP contribution in [0.3, 0.4) is 0 Å². The maximum Gasteiger partial charge on any atom is 0.258 e. The highest BCUT2D eigenvalue weighted by molar-refractivity contribution is 9.10. The number of pyridine rings is 1. The zero-order chi connectivity index (χ0) is 17.3. The fourth-order valence-electron chi connectivity index (χ4n) is 2.42. The molecule has 1 aromatic heterocycles. The van der Waals surface area contributed by atoms with Gasteiger partial charge in [0.25, 0.3) is 5.91 Å². The van der Waals surface area contributed by atoms with Gasteiger partial charge in [-0.2, -0.15) is 0 Å². The molecule has 4 nitrogen and oxygen atoms in total. The number of benzene rings is 2. The van der Waals surface area contributed by atoms with Crippen LogP contribution in [-0.2, 0) is 6.61 Å². The van der Waals surface area contributed by atoms with E-state index in [9.17, 15) is 9.90 Å². The Balaban J connectivity index is 2.06. The SMILES string of the molecule is O=C(Nc1cccc2c(CO)c(Br)cnc12)c1c(Cl)cccc1Cl. The summed E-state index contributed by atoms with van der Waals surface area (Å²) in [6.45, 7) is -0.145. The zero-order valence-corrected chi connectivity index (χ0v) is 15.3. The minimum Gasteiger partial charge on any atom is -0.392 e. The number of aliphatic hydroxyl groups is 1. The number of nitrogens with zero attached hydrogens (tertiary/aromatic N) is 1. The van der Waals surface area contributed by atoms with Gasteiger partial charge < -0.3 is 10.4 Å². The summed E-state index contributed by atoms with van der Waals surface area (Å²) in [5, 5.41) is 13.6. The number of fused-ring (bicyclic) bond motifs is 1. The Kier molecular flexibility index (Phi) is 5.06. The fourth-order valence-corrected chi connectivity index (χ4v) is 3.43. The standard InChI is InChI=1S/C17H11BrCl2N2O2/c18-11-7-21-16-9(10(11)8-23)3-1-6-14(16)22-17(24)15-12(19)4-2-5-13(15)20/h1-7,23H,8H2,(H,22,24). The summed E-state index contributed by atoms with van der Waals surface area (Å²) in [5.74, 6) is -0.423. The average molecular weight is 426 g/mol. The van der Waals surface area contributed by atoms with Gasteiger partial charge in [-0.05, 0) is 34.1 Å². The maximum atomic E-state index is 12.6. The summed E-state index contributed by atoms with van der Waals surface area (Å²) in [5.41, 5.74) is 1.99. The molecule has 0 bridgehead atoms. The molecule has 24 heavy (non-hydrogen) atoms. The van der Waals surface area contributed by atoms with Gasteiger partial charge in [-0.25, -0.2) is 0 Å². The molecule has 0 aliphatic carbocycles. The van der Waals surface area contributed by atoms with Crippen molar-refractivity contribution in [1.82, 2.24) is 4.98 Å². The molecule has 0 fully saturated rings. The Morgan fingerprint density at radius 2 is 1.83 bits per heavy atom. The average Bonchev–Trinajstić information content (AvgIpc) is 2.54. The van der Waals surface area contributed by atoms with Gasteiger partial charge in [0.05, 0.1) is 33.4 Å². The predicted molar refractivity (Wildman–Crippen MR) is 99.8 cm³/mol. The number of carbonyl (C=O) groups excluding carboxylic acids is 1. The summed E-state index contributed by atoms with van der Waals surface area (Å²) < 4.78 is 0.704. The minimum absolute atomic E-state index is 0.145. The third kappa shape index (κ3) is 3.13. The number of anilines is 1. The molecule has 1 heterocycles. The molecule has 0 unspecified atom stereocenters. The Bertz CT molecular complexity index is 927. The van der Waals surface area contributed by atoms with Crippen LogP contribution in [0.25, 0.3) is 10.9 Å². The largest absolute Gasteiger partial charge is 0.392 e. The second-order valence-electron chi connectivity index (χ2n) is 5.00. The lowest BCUT2D eigenvalue weighted by Gasteiger charge is -2.12. The summed E-state index contributed by atoms with van der Waals surface area (Å²) in [7, 11) is 0. The van der Waals surface area contributed by atoms with Crippen LogP contribution in [0, 0.1) is 0 Å². The topological polar surface area (TPSA) is 62.2 Å². The molecule has 1 amide bonds. The van der Waals surface area contributed by atoms with E-state index in [-0.39, 0.29) is 22.2 Å². The van der Waals surface area contributed by atoms with E-state index in [2.05, 4.69) is 26.2 Å². The van der Waals surface area contributed by atoms with Gasteiger partial charge in [-0.1, -0.05) is 41.4 Å². The lowest BCUT2D eigenvalue weighted by molar-refractivity contribution is 0.102. The van der Waals surface area contributed by atoms with Crippen LogP contribution in [0.5, 0.6) is 0 Å². The van der Waals surface area contributed by atoms with Crippen molar-refractivity contribution in [3.63, 3.8) is 0 Å². The molecule has 2 N–H and O–H groups in total. The number of aliphatic hydroxyl groups excluding tert-OH is 1. The second-order valence-corrected chi connectivity index (χ2v) is 6.66. The molecule has 0 saturated carbocycles. The summed E-state index contributed by atoms with van der Waals surface area (Å²) in [4.78, 5) is 16.9. The number of halogens is 3. The third-order valence-electron chi connectivity index (χ3n) is 3.55. The molecule has 0 saturated heterocycles. The highest BCUT2D eigenvalue weighted by Gasteiger charge is 2.17. The highest BCUT2D eigenvalue weighted by atomic mass is 79.9. The molecular formula is C17H11BrCl2N2O2. The molecular weight excluding hydrogens is 415 g/mol. The zero-order valence-electron chi connectivity index (χ0n) is 12.2. The van der Waals surface area contributed by atoms with E-state index in [1.165, 1.54) is 0 Å². The lowest BCUT2D eigenvalue weighted by atomic mass is 10.1. The first-order chi connectivity index (χ1) is 11.5. The van der Waals surface area contributed by atoms with Crippen LogP contribution >= 0.6 is 39.1 Å². The number of hydrogen-bond donors (Lipinski definition) is 2. The van der Waals surface area contributed by atoms with Crippen molar-refractivity contribution in [3.05, 3.63) is 68.2 Å². The number of carbonyl (C=O) groups is 1. The number of rotatable bonds is 3. The van der Waals surface area contributed by atoms with Crippen molar-refractivity contribution in [3.8, 4) is 0 Å². The van der Waals surface area contributed by atoms with E-state index < -0.39 is 5.91 Å². The number of hydrogen-bond acceptors (Lipinski definition) is 3. The van der Waals surface area contributed by atoms with Crippen LogP contribution in [0.2, 0.25) is 10.0 Å². The van der Waals surface area contributed by atoms with E-state index in [1.807, 2.05) is 6.07 Å². The normalized spacial score (nSPS) is 10.8. The van der Waals surface area contributed by atoms with Crippen molar-refractivity contribution in [2.24, 2.45) is 0 Å². The Morgan fingerprint density at radius 1 is 1.17 bits per heavy atom. The van der Waals surface area contributed by atoms with Gasteiger partial charge >= 0.3 is 0 Å². The van der Waals surface area contributed by atoms with E-state index in [0.717, 1.165) is 5.39 Å². The van der Waals surface area contributed by atoms with Gasteiger partial charge in [0.15, 0.2) is 0 Å². The Labute approximate surface area is 156 Å². The van der Waals surface area contributed by atoms with Crippen molar-refractivity contribution in [1.29, 1.82) is 0 Å². The molecule has 3 rings (SSSR count). The third-order valence-corrected chi connectivity index (χ3v) is 4.87. The Hall–Kier alpha value is -1.66. The molecule has 122 valence electrons. The van der Waals surface area contributed by atoms with Gasteiger partial charge in [-0.3, -0.25) is 9.78 Å². The highest BCUT2D eigenvalue weighted by Crippen LogP contribution is 2.30.